The Morgan fingerprint density at radius 2 is 1.81 bits per heavy atom. The predicted octanol–water partition coefficient (Wildman–Crippen LogP) is 6.29. The summed E-state index contributed by atoms with van der Waals surface area (Å²) in [6, 6.07) is 19.7. The molecule has 4 aromatic rings. The molecule has 1 N–H and O–H groups in total. The first kappa shape index (κ1) is 19.5. The average Bonchev–Trinajstić information content (AvgIpc) is 3.16. The molecule has 0 aliphatic heterocycles. The highest BCUT2D eigenvalue weighted by atomic mass is 19.1. The number of carbonyl (C=O) groups is 1. The van der Waals surface area contributed by atoms with Crippen LogP contribution in [0.15, 0.2) is 66.9 Å². The SMILES string of the molecule is CC1CC2(C1)CC(NC(=O)c1ccc(F)c3ccn(Cc4ccc5ccccc5c4)c13)C2. The first-order chi connectivity index (χ1) is 15.5. The lowest BCUT2D eigenvalue weighted by Crippen LogP contribution is -2.55. The van der Waals surface area contributed by atoms with Gasteiger partial charge in [-0.1, -0.05) is 43.3 Å². The van der Waals surface area contributed by atoms with Crippen LogP contribution in [0.2, 0.25) is 0 Å². The molecule has 1 aromatic heterocycles. The summed E-state index contributed by atoms with van der Waals surface area (Å²) in [7, 11) is 0. The second-order valence-corrected chi connectivity index (χ2v) is 10.1. The zero-order chi connectivity index (χ0) is 21.9. The predicted molar refractivity (Wildman–Crippen MR) is 126 cm³/mol. The molecule has 0 saturated heterocycles. The molecule has 2 saturated carbocycles. The number of benzene rings is 3. The van der Waals surface area contributed by atoms with Gasteiger partial charge in [-0.05, 0) is 77.6 Å². The van der Waals surface area contributed by atoms with Gasteiger partial charge in [-0.15, -0.1) is 0 Å². The molecule has 32 heavy (non-hydrogen) atoms. The maximum Gasteiger partial charge on any atom is 0.253 e. The van der Waals surface area contributed by atoms with Crippen molar-refractivity contribution in [2.45, 2.75) is 45.2 Å². The molecule has 0 atom stereocenters. The van der Waals surface area contributed by atoms with Crippen LogP contribution in [-0.4, -0.2) is 16.5 Å². The minimum atomic E-state index is -0.292. The topological polar surface area (TPSA) is 34.0 Å². The van der Waals surface area contributed by atoms with E-state index in [0.717, 1.165) is 24.3 Å². The van der Waals surface area contributed by atoms with E-state index in [1.165, 1.54) is 29.7 Å². The number of aromatic nitrogens is 1. The first-order valence-corrected chi connectivity index (χ1v) is 11.6. The van der Waals surface area contributed by atoms with E-state index in [9.17, 15) is 9.18 Å². The normalized spacial score (nSPS) is 24.4. The van der Waals surface area contributed by atoms with Gasteiger partial charge in [0.2, 0.25) is 0 Å². The zero-order valence-corrected chi connectivity index (χ0v) is 18.3. The molecule has 4 heteroatoms. The summed E-state index contributed by atoms with van der Waals surface area (Å²) in [6.07, 6.45) is 6.61. The Morgan fingerprint density at radius 3 is 2.59 bits per heavy atom. The summed E-state index contributed by atoms with van der Waals surface area (Å²) in [5.74, 6) is 0.433. The summed E-state index contributed by atoms with van der Waals surface area (Å²) in [6.45, 7) is 2.89. The molecule has 2 aliphatic carbocycles. The monoisotopic (exact) mass is 426 g/mol. The lowest BCUT2D eigenvalue weighted by Gasteiger charge is -2.57. The van der Waals surface area contributed by atoms with E-state index in [1.807, 2.05) is 22.9 Å². The van der Waals surface area contributed by atoms with Crippen molar-refractivity contribution in [1.82, 2.24) is 9.88 Å². The summed E-state index contributed by atoms with van der Waals surface area (Å²) >= 11 is 0. The van der Waals surface area contributed by atoms with E-state index in [1.54, 1.807) is 12.1 Å². The van der Waals surface area contributed by atoms with Crippen molar-refractivity contribution in [3.05, 3.63) is 83.8 Å². The smallest absolute Gasteiger partial charge is 0.253 e. The molecule has 1 heterocycles. The number of fused-ring (bicyclic) bond motifs is 2. The fourth-order valence-corrected chi connectivity index (χ4v) is 6.24. The molecule has 0 bridgehead atoms. The van der Waals surface area contributed by atoms with Gasteiger partial charge in [0, 0.05) is 24.2 Å². The van der Waals surface area contributed by atoms with Crippen molar-refractivity contribution in [3.63, 3.8) is 0 Å². The molecule has 1 spiro atoms. The van der Waals surface area contributed by atoms with Crippen molar-refractivity contribution >= 4 is 27.6 Å². The molecule has 6 rings (SSSR count). The van der Waals surface area contributed by atoms with Crippen LogP contribution in [-0.2, 0) is 6.54 Å². The van der Waals surface area contributed by atoms with Crippen molar-refractivity contribution < 1.29 is 9.18 Å². The largest absolute Gasteiger partial charge is 0.349 e. The van der Waals surface area contributed by atoms with Gasteiger partial charge >= 0.3 is 0 Å². The Labute approximate surface area is 187 Å². The summed E-state index contributed by atoms with van der Waals surface area (Å²) in [4.78, 5) is 13.2. The second kappa shape index (κ2) is 7.19. The molecule has 2 aliphatic rings. The standard InChI is InChI=1S/C28H27FN2O/c1-18-13-28(14-18)15-22(16-28)30-27(32)24-8-9-25(29)23-10-11-31(26(23)24)17-19-6-7-20-4-2-3-5-21(20)12-19/h2-12,18,22H,13-17H2,1H3,(H,30,32). The van der Waals surface area contributed by atoms with E-state index in [4.69, 9.17) is 0 Å². The summed E-state index contributed by atoms with van der Waals surface area (Å²) < 4.78 is 16.6. The fraction of sp³-hybridized carbons (Fsp3) is 0.321. The van der Waals surface area contributed by atoms with Crippen LogP contribution in [0.1, 0.15) is 48.5 Å². The van der Waals surface area contributed by atoms with Crippen LogP contribution in [0.4, 0.5) is 4.39 Å². The first-order valence-electron chi connectivity index (χ1n) is 11.6. The minimum absolute atomic E-state index is 0.0966. The van der Waals surface area contributed by atoms with Crippen LogP contribution in [0, 0.1) is 17.2 Å². The van der Waals surface area contributed by atoms with E-state index < -0.39 is 0 Å². The highest BCUT2D eigenvalue weighted by molar-refractivity contribution is 6.06. The van der Waals surface area contributed by atoms with Gasteiger partial charge in [-0.2, -0.15) is 0 Å². The highest BCUT2D eigenvalue weighted by Gasteiger charge is 2.51. The summed E-state index contributed by atoms with van der Waals surface area (Å²) in [5.41, 5.74) is 2.82. The Hall–Kier alpha value is -3.14. The molecule has 1 amide bonds. The third-order valence-electron chi connectivity index (χ3n) is 7.54. The molecule has 3 aromatic carbocycles. The van der Waals surface area contributed by atoms with E-state index in [0.29, 0.717) is 28.4 Å². The van der Waals surface area contributed by atoms with Gasteiger partial charge < -0.3 is 9.88 Å². The number of nitrogens with one attached hydrogen (secondary N) is 1. The van der Waals surface area contributed by atoms with Crippen LogP contribution in [0.3, 0.4) is 0 Å². The zero-order valence-electron chi connectivity index (χ0n) is 18.3. The van der Waals surface area contributed by atoms with Gasteiger partial charge in [-0.25, -0.2) is 4.39 Å². The Balaban J connectivity index is 1.28. The van der Waals surface area contributed by atoms with Gasteiger partial charge in [-0.3, -0.25) is 4.79 Å². The van der Waals surface area contributed by atoms with Crippen LogP contribution < -0.4 is 5.32 Å². The molecule has 2 fully saturated rings. The van der Waals surface area contributed by atoms with Gasteiger partial charge in [0.15, 0.2) is 0 Å². The fourth-order valence-electron chi connectivity index (χ4n) is 6.24. The Morgan fingerprint density at radius 1 is 1.03 bits per heavy atom. The third kappa shape index (κ3) is 3.21. The molecule has 3 nitrogen and oxygen atoms in total. The number of hydrogen-bond acceptors (Lipinski definition) is 1. The van der Waals surface area contributed by atoms with E-state index in [-0.39, 0.29) is 17.8 Å². The molecular formula is C28H27FN2O. The summed E-state index contributed by atoms with van der Waals surface area (Å²) in [5, 5.41) is 6.08. The molecule has 162 valence electrons. The van der Waals surface area contributed by atoms with E-state index >= 15 is 0 Å². The lowest BCUT2D eigenvalue weighted by atomic mass is 9.50. The molecule has 0 unspecified atom stereocenters. The van der Waals surface area contributed by atoms with Gasteiger partial charge in [0.25, 0.3) is 5.91 Å². The minimum Gasteiger partial charge on any atom is -0.349 e. The van der Waals surface area contributed by atoms with Crippen molar-refractivity contribution in [1.29, 1.82) is 0 Å². The number of nitrogens with zero attached hydrogens (tertiary/aromatic N) is 1. The highest BCUT2D eigenvalue weighted by Crippen LogP contribution is 2.58. The van der Waals surface area contributed by atoms with E-state index in [2.05, 4.69) is 42.6 Å². The van der Waals surface area contributed by atoms with Gasteiger partial charge in [0.05, 0.1) is 11.1 Å². The number of amides is 1. The Kier molecular flexibility index (Phi) is 4.39. The number of hydrogen-bond donors (Lipinski definition) is 1. The third-order valence-corrected chi connectivity index (χ3v) is 7.54. The van der Waals surface area contributed by atoms with Crippen molar-refractivity contribution in [2.24, 2.45) is 11.3 Å². The maximum atomic E-state index is 14.6. The maximum absolute atomic E-state index is 14.6. The van der Waals surface area contributed by atoms with Crippen molar-refractivity contribution in [3.8, 4) is 0 Å². The van der Waals surface area contributed by atoms with Crippen LogP contribution >= 0.6 is 0 Å². The van der Waals surface area contributed by atoms with Crippen LogP contribution in [0.25, 0.3) is 21.7 Å². The Bertz CT molecular complexity index is 1340. The average molecular weight is 427 g/mol. The second-order valence-electron chi connectivity index (χ2n) is 10.1. The number of rotatable bonds is 4. The quantitative estimate of drug-likeness (QED) is 0.409. The molecular weight excluding hydrogens is 399 g/mol. The van der Waals surface area contributed by atoms with Gasteiger partial charge in [0.1, 0.15) is 5.82 Å². The van der Waals surface area contributed by atoms with Crippen LogP contribution in [0.5, 0.6) is 0 Å². The lowest BCUT2D eigenvalue weighted by molar-refractivity contribution is -0.0399. The molecule has 0 radical (unpaired) electrons. The van der Waals surface area contributed by atoms with Crippen molar-refractivity contribution in [2.75, 3.05) is 0 Å². The number of carbonyl (C=O) groups excluding carboxylic acids is 1. The number of halogens is 1.